The number of aryl methyl sites for hydroxylation is 2. The fraction of sp³-hybridized carbons (Fsp3) is 0.500. The molecule has 1 aromatic carbocycles. The van der Waals surface area contributed by atoms with Crippen molar-refractivity contribution in [1.29, 1.82) is 0 Å². The molecule has 30 heavy (non-hydrogen) atoms. The molecule has 0 bridgehead atoms. The molecule has 1 saturated carbocycles. The zero-order valence-corrected chi connectivity index (χ0v) is 18.7. The Morgan fingerprint density at radius 3 is 2.50 bits per heavy atom. The minimum Gasteiger partial charge on any atom is -0.497 e. The number of nitrogens with zero attached hydrogens (tertiary/aromatic N) is 3. The van der Waals surface area contributed by atoms with E-state index in [9.17, 15) is 4.79 Å². The van der Waals surface area contributed by atoms with Crippen molar-refractivity contribution in [3.05, 3.63) is 53.3 Å². The van der Waals surface area contributed by atoms with Crippen LogP contribution in [0, 0.1) is 13.8 Å². The highest BCUT2D eigenvalue weighted by Gasteiger charge is 2.50. The predicted molar refractivity (Wildman–Crippen MR) is 119 cm³/mol. The Kier molecular flexibility index (Phi) is 5.22. The molecule has 6 heteroatoms. The number of ether oxygens (including phenoxy) is 1. The molecule has 1 N–H and O–H groups in total. The van der Waals surface area contributed by atoms with Crippen LogP contribution in [-0.2, 0) is 5.54 Å². The Hall–Kier alpha value is -2.60. The number of hydrogen-bond acceptors (Lipinski definition) is 4. The number of carbonyl (C=O) groups excluding carboxylic acids is 1. The first-order chi connectivity index (χ1) is 14.3. The lowest BCUT2D eigenvalue weighted by molar-refractivity contribution is 0.0656. The number of amides is 2. The average Bonchev–Trinajstić information content (AvgIpc) is 3.04. The monoisotopic (exact) mass is 408 g/mol. The van der Waals surface area contributed by atoms with Crippen LogP contribution >= 0.6 is 0 Å². The van der Waals surface area contributed by atoms with Crippen molar-refractivity contribution in [2.45, 2.75) is 50.6 Å². The summed E-state index contributed by atoms with van der Waals surface area (Å²) in [5, 5.41) is 3.33. The van der Waals surface area contributed by atoms with Gasteiger partial charge in [-0.3, -0.25) is 14.8 Å². The molecule has 2 amide bonds. The van der Waals surface area contributed by atoms with Gasteiger partial charge in [0.25, 0.3) is 0 Å². The number of nitrogens with one attached hydrogen (secondary N) is 1. The van der Waals surface area contributed by atoms with Crippen molar-refractivity contribution < 1.29 is 9.53 Å². The average molecular weight is 409 g/mol. The van der Waals surface area contributed by atoms with E-state index in [1.54, 1.807) is 7.11 Å². The van der Waals surface area contributed by atoms with Gasteiger partial charge in [-0.2, -0.15) is 0 Å². The van der Waals surface area contributed by atoms with E-state index < -0.39 is 0 Å². The summed E-state index contributed by atoms with van der Waals surface area (Å²) in [5.74, 6) is 0.886. The van der Waals surface area contributed by atoms with Crippen LogP contribution in [0.4, 0.5) is 10.5 Å². The van der Waals surface area contributed by atoms with E-state index in [-0.39, 0.29) is 17.1 Å². The first kappa shape index (κ1) is 20.7. The molecule has 2 aliphatic rings. The molecular formula is C24H32N4O2. The predicted octanol–water partition coefficient (Wildman–Crippen LogP) is 4.01. The van der Waals surface area contributed by atoms with E-state index >= 15 is 0 Å². The van der Waals surface area contributed by atoms with E-state index in [0.29, 0.717) is 6.54 Å². The molecule has 1 spiro atoms. The Bertz CT molecular complexity index is 948. The van der Waals surface area contributed by atoms with Crippen molar-refractivity contribution in [2.75, 3.05) is 32.6 Å². The Morgan fingerprint density at radius 2 is 1.87 bits per heavy atom. The minimum atomic E-state index is -0.188. The number of rotatable bonds is 4. The molecule has 2 aromatic rings. The minimum absolute atomic E-state index is 0.0116. The highest BCUT2D eigenvalue weighted by Crippen LogP contribution is 2.47. The molecule has 0 radical (unpaired) electrons. The zero-order valence-electron chi connectivity index (χ0n) is 18.7. The van der Waals surface area contributed by atoms with E-state index in [1.165, 1.54) is 5.56 Å². The largest absolute Gasteiger partial charge is 0.497 e. The lowest BCUT2D eigenvalue weighted by Gasteiger charge is -2.48. The maximum atomic E-state index is 12.9. The third kappa shape index (κ3) is 3.43. The van der Waals surface area contributed by atoms with Gasteiger partial charge in [0, 0.05) is 11.2 Å². The summed E-state index contributed by atoms with van der Waals surface area (Å²) in [7, 11) is 6.01. The van der Waals surface area contributed by atoms with Crippen molar-refractivity contribution in [3.8, 4) is 5.75 Å². The summed E-state index contributed by atoms with van der Waals surface area (Å²) < 4.78 is 5.47. The number of carbonyl (C=O) groups is 1. The number of anilines is 1. The van der Waals surface area contributed by atoms with Gasteiger partial charge in [-0.05, 0) is 83.0 Å². The van der Waals surface area contributed by atoms with E-state index in [4.69, 9.17) is 4.74 Å². The zero-order chi connectivity index (χ0) is 21.5. The Morgan fingerprint density at radius 1 is 1.13 bits per heavy atom. The summed E-state index contributed by atoms with van der Waals surface area (Å²) >= 11 is 0. The second-order valence-corrected chi connectivity index (χ2v) is 9.07. The van der Waals surface area contributed by atoms with Crippen molar-refractivity contribution >= 4 is 11.7 Å². The third-order valence-electron chi connectivity index (χ3n) is 7.09. The van der Waals surface area contributed by atoms with Crippen LogP contribution in [0.1, 0.15) is 42.5 Å². The molecule has 160 valence electrons. The lowest BCUT2D eigenvalue weighted by atomic mass is 9.69. The van der Waals surface area contributed by atoms with Gasteiger partial charge in [0.15, 0.2) is 0 Å². The smallest absolute Gasteiger partial charge is 0.322 e. The molecule has 0 atom stereocenters. The molecule has 2 fully saturated rings. The summed E-state index contributed by atoms with van der Waals surface area (Å²) in [5.41, 5.74) is 4.00. The highest BCUT2D eigenvalue weighted by molar-refractivity contribution is 5.95. The van der Waals surface area contributed by atoms with Crippen molar-refractivity contribution in [1.82, 2.24) is 15.2 Å². The Labute approximate surface area is 179 Å². The van der Waals surface area contributed by atoms with Crippen LogP contribution in [0.15, 0.2) is 36.5 Å². The topological polar surface area (TPSA) is 57.7 Å². The number of methoxy groups -OCH3 is 1. The molecule has 0 unspecified atom stereocenters. The Balaban J connectivity index is 1.57. The highest BCUT2D eigenvalue weighted by atomic mass is 16.5. The normalized spacial score (nSPS) is 26.3. The first-order valence-corrected chi connectivity index (χ1v) is 10.6. The third-order valence-corrected chi connectivity index (χ3v) is 7.09. The molecule has 1 aromatic heterocycles. The van der Waals surface area contributed by atoms with Crippen LogP contribution in [0.5, 0.6) is 5.75 Å². The second-order valence-electron chi connectivity index (χ2n) is 9.07. The molecule has 2 heterocycles. The number of aromatic nitrogens is 1. The summed E-state index contributed by atoms with van der Waals surface area (Å²) in [4.78, 5) is 21.5. The number of pyridine rings is 1. The van der Waals surface area contributed by atoms with Gasteiger partial charge in [0.2, 0.25) is 0 Å². The number of urea groups is 1. The molecular weight excluding hydrogens is 376 g/mol. The van der Waals surface area contributed by atoms with Gasteiger partial charge in [-0.15, -0.1) is 0 Å². The summed E-state index contributed by atoms with van der Waals surface area (Å²) in [6, 6.07) is 10.4. The van der Waals surface area contributed by atoms with Crippen LogP contribution in [-0.4, -0.2) is 49.2 Å². The quantitative estimate of drug-likeness (QED) is 0.831. The molecule has 4 rings (SSSR count). The van der Waals surface area contributed by atoms with Crippen LogP contribution in [0.25, 0.3) is 0 Å². The van der Waals surface area contributed by atoms with Crippen LogP contribution < -0.4 is 15.0 Å². The van der Waals surface area contributed by atoms with Gasteiger partial charge in [-0.1, -0.05) is 12.1 Å². The number of hydrogen-bond donors (Lipinski definition) is 1. The fourth-order valence-electron chi connectivity index (χ4n) is 5.21. The van der Waals surface area contributed by atoms with Gasteiger partial charge in [-0.25, -0.2) is 4.79 Å². The molecule has 1 saturated heterocycles. The van der Waals surface area contributed by atoms with Gasteiger partial charge in [0.1, 0.15) is 5.75 Å². The second kappa shape index (κ2) is 7.58. The maximum absolute atomic E-state index is 12.9. The molecule has 1 aliphatic carbocycles. The van der Waals surface area contributed by atoms with E-state index in [1.807, 2.05) is 37.1 Å². The summed E-state index contributed by atoms with van der Waals surface area (Å²) in [6.07, 6.45) is 5.65. The molecule has 6 nitrogen and oxygen atoms in total. The molecule has 1 aliphatic heterocycles. The maximum Gasteiger partial charge on any atom is 0.322 e. The van der Waals surface area contributed by atoms with Crippen LogP contribution in [0.3, 0.4) is 0 Å². The van der Waals surface area contributed by atoms with Crippen molar-refractivity contribution in [3.63, 3.8) is 0 Å². The van der Waals surface area contributed by atoms with Crippen LogP contribution in [0.2, 0.25) is 0 Å². The van der Waals surface area contributed by atoms with E-state index in [0.717, 1.165) is 48.4 Å². The van der Waals surface area contributed by atoms with Gasteiger partial charge < -0.3 is 10.1 Å². The van der Waals surface area contributed by atoms with Crippen molar-refractivity contribution in [2.24, 2.45) is 0 Å². The number of benzene rings is 1. The standard InChI is InChI=1S/C24H32N4O2/c1-17-13-18(2)25-15-21(17)28-16-23(26-22(28)29)9-11-24(12-10-23,27(3)4)19-7-6-8-20(14-19)30-5/h6-8,13-15H,9-12,16H2,1-5H3,(H,26,29)/t23-,24+. The lowest BCUT2D eigenvalue weighted by Crippen LogP contribution is -2.54. The fourth-order valence-corrected chi connectivity index (χ4v) is 5.21. The van der Waals surface area contributed by atoms with Gasteiger partial charge in [0.05, 0.1) is 31.1 Å². The van der Waals surface area contributed by atoms with E-state index in [2.05, 4.69) is 47.5 Å². The summed E-state index contributed by atoms with van der Waals surface area (Å²) in [6.45, 7) is 4.71. The SMILES string of the molecule is COc1cccc([C@]2(N(C)C)CC[C@@]3(CC2)CN(c2cnc(C)cc2C)C(=O)N3)c1. The first-order valence-electron chi connectivity index (χ1n) is 10.6. The van der Waals surface area contributed by atoms with Gasteiger partial charge >= 0.3 is 6.03 Å².